The summed E-state index contributed by atoms with van der Waals surface area (Å²) in [6.07, 6.45) is 0. The van der Waals surface area contributed by atoms with E-state index in [2.05, 4.69) is 61.5 Å². The van der Waals surface area contributed by atoms with Gasteiger partial charge in [0.2, 0.25) is 0 Å². The molecule has 0 aromatic rings. The van der Waals surface area contributed by atoms with Crippen LogP contribution in [0.4, 0.5) is 0 Å². The third-order valence-corrected chi connectivity index (χ3v) is 26.0. The fraction of sp³-hybridized carbons (Fsp3) is 1.00. The molecule has 0 heterocycles. The Morgan fingerprint density at radius 1 is 0.457 bits per heavy atom. The van der Waals surface area contributed by atoms with E-state index in [1.807, 2.05) is 27.9 Å². The van der Waals surface area contributed by atoms with Gasteiger partial charge in [0.25, 0.3) is 0 Å². The van der Waals surface area contributed by atoms with Crippen molar-refractivity contribution in [1.82, 2.24) is 0 Å². The summed E-state index contributed by atoms with van der Waals surface area (Å²) in [5.41, 5.74) is -0.717. The van der Waals surface area contributed by atoms with Crippen LogP contribution in [0.1, 0.15) is 192 Å². The topological polar surface area (TPSA) is 49.2 Å². The molecule has 0 rings (SSSR count). The zero-order valence-electron chi connectivity index (χ0n) is 13.7. The maximum absolute atomic E-state index is 5.42. The first kappa shape index (κ1) is 213. The van der Waals surface area contributed by atoms with Crippen molar-refractivity contribution in [3.05, 3.63) is 0 Å². The molecule has 328 valence electrons. The second kappa shape index (κ2) is 145. The number of halogens is 2. The molecule has 0 aliphatic heterocycles. The number of rotatable bonds is 8. The van der Waals surface area contributed by atoms with E-state index in [-0.39, 0.29) is 190 Å². The molecule has 0 bridgehead atoms. The minimum absolute atomic E-state index is 0. The van der Waals surface area contributed by atoms with Crippen LogP contribution < -0.4 is 0 Å². The zero-order valence-corrected chi connectivity index (χ0v) is 23.9. The average molecular weight is 1040 g/mol. The van der Waals surface area contributed by atoms with E-state index in [1.54, 1.807) is 8.94 Å². The van der Waals surface area contributed by atoms with Crippen LogP contribution in [0.25, 0.3) is 0 Å². The van der Waals surface area contributed by atoms with Gasteiger partial charge in [0.05, 0.1) is 0 Å². The molecule has 0 spiro atoms. The van der Waals surface area contributed by atoms with Gasteiger partial charge in [-0.25, -0.2) is 0 Å². The van der Waals surface area contributed by atoms with Crippen LogP contribution in [0.3, 0.4) is 0 Å². The first-order chi connectivity index (χ1) is 10.1. The Hall–Kier alpha value is 3.00. The molecule has 4 atom stereocenters. The van der Waals surface area contributed by atoms with Gasteiger partial charge in [-0.05, 0) is 0 Å². The normalized spacial score (nSPS) is 7.87. The van der Waals surface area contributed by atoms with E-state index in [0.717, 1.165) is 13.2 Å². The van der Waals surface area contributed by atoms with Crippen LogP contribution in [0.5, 0.6) is 0 Å². The van der Waals surface area contributed by atoms with Crippen molar-refractivity contribution in [2.24, 2.45) is 9.77 Å². The van der Waals surface area contributed by atoms with E-state index in [9.17, 15) is 0 Å². The van der Waals surface area contributed by atoms with Gasteiger partial charge in [0, 0.05) is 0 Å². The van der Waals surface area contributed by atoms with Crippen LogP contribution in [0.15, 0.2) is 9.77 Å². The molecule has 6 nitrogen and oxygen atoms in total. The Kier molecular flexibility index (Phi) is 675. The van der Waals surface area contributed by atoms with Gasteiger partial charge in [-0.2, -0.15) is 0 Å². The molecule has 0 aromatic carbocycles. The monoisotopic (exact) mass is 1040 g/mol. The molecule has 0 aliphatic rings. The van der Waals surface area contributed by atoms with Gasteiger partial charge in [0.15, 0.2) is 0 Å². The Labute approximate surface area is 341 Å². The second-order valence-corrected chi connectivity index (χ2v) is 30.9. The van der Waals surface area contributed by atoms with Crippen molar-refractivity contribution in [2.75, 3.05) is 40.6 Å². The molecule has 4 unspecified atom stereocenters. The van der Waals surface area contributed by atoms with Gasteiger partial charge in [0.1, 0.15) is 0 Å². The van der Waals surface area contributed by atoms with Crippen LogP contribution in [-0.4, -0.2) is 49.6 Å². The van der Waals surface area contributed by atoms with Crippen molar-refractivity contribution >= 4 is 86.4 Å². The summed E-state index contributed by atoms with van der Waals surface area (Å²) in [7, 11) is 17.6. The third-order valence-electron chi connectivity index (χ3n) is 1.36. The SMILES string of the molecule is C.C.C.C.C.C.C.C.C.C.C.C.C.C.C.C.C.C.C.C.C.C.C.C.CCOI(S)P(C)N=[N+](C)P.CCOI(S)P(C)N=[N+](C)P. The van der Waals surface area contributed by atoms with Crippen LogP contribution in [0.2, 0.25) is 0 Å². The van der Waals surface area contributed by atoms with Gasteiger partial charge < -0.3 is 0 Å². The second-order valence-electron chi connectivity index (χ2n) is 3.44. The fourth-order valence-corrected chi connectivity index (χ4v) is 14.3. The van der Waals surface area contributed by atoms with Crippen molar-refractivity contribution in [2.45, 2.75) is 192 Å². The fourth-order valence-electron chi connectivity index (χ4n) is 0.783. The van der Waals surface area contributed by atoms with Crippen LogP contribution in [-0.2, 0) is 6.13 Å². The molecule has 0 N–H and O–H groups in total. The summed E-state index contributed by atoms with van der Waals surface area (Å²) in [6.45, 7) is 9.71. The molecule has 46 heavy (non-hydrogen) atoms. The maximum atomic E-state index is 5.42. The first-order valence-corrected chi connectivity index (χ1v) is 24.4. The van der Waals surface area contributed by atoms with Gasteiger partial charge in [-0.1, -0.05) is 178 Å². The molecule has 0 aromatic heterocycles. The molecule has 0 fully saturated rings. The molecule has 0 aliphatic carbocycles. The number of hydrogen-bond donors (Lipinski definition) is 2. The van der Waals surface area contributed by atoms with Crippen molar-refractivity contribution in [3.63, 3.8) is 0 Å². The summed E-state index contributed by atoms with van der Waals surface area (Å²) < 4.78 is 14.4. The predicted octanol–water partition coefficient (Wildman–Crippen LogP) is 21.5. The number of nitrogens with zero attached hydrogens (tertiary/aromatic N) is 4. The van der Waals surface area contributed by atoms with E-state index >= 15 is 0 Å². The van der Waals surface area contributed by atoms with E-state index in [0.29, 0.717) is 0 Å². The minimum atomic E-state index is -1.48. The predicted molar refractivity (Wildman–Crippen MR) is 293 cm³/mol. The van der Waals surface area contributed by atoms with E-state index in [1.165, 1.54) is 0 Å². The molecule has 0 saturated heterocycles. The molecule has 0 amide bonds. The van der Waals surface area contributed by atoms with Gasteiger partial charge in [-0.3, -0.25) is 0 Å². The summed E-state index contributed by atoms with van der Waals surface area (Å²) in [4.78, 5) is 8.65. The molecule has 0 saturated carbocycles. The third kappa shape index (κ3) is 159. The Morgan fingerprint density at radius 2 is 0.587 bits per heavy atom. The summed E-state index contributed by atoms with van der Waals surface area (Å²) in [5, 5.41) is 0. The Morgan fingerprint density at radius 3 is 0.674 bits per heavy atom. The summed E-state index contributed by atoms with van der Waals surface area (Å²) >= 11 is -2.96. The van der Waals surface area contributed by atoms with Crippen LogP contribution >= 0.6 is 86.4 Å². The Bertz CT molecular complexity index is 340. The van der Waals surface area contributed by atoms with Crippen molar-refractivity contribution in [1.29, 1.82) is 0 Å². The molecule has 0 radical (unpaired) electrons. The zero-order chi connectivity index (χ0) is 17.7. The molecular weight excluding hydrogens is 914 g/mol. The Balaban J connectivity index is -0.00000000476. The quantitative estimate of drug-likeness (QED) is 0.110. The van der Waals surface area contributed by atoms with E-state index in [4.69, 9.17) is 6.13 Å². The van der Waals surface area contributed by atoms with E-state index < -0.39 is 36.6 Å². The first-order valence-electron chi connectivity index (χ1n) is 6.08. The number of thiol groups is 2. The number of hydrogen-bond acceptors (Lipinski definition) is 6. The van der Waals surface area contributed by atoms with Crippen molar-refractivity contribution in [3.8, 4) is 0 Å². The van der Waals surface area contributed by atoms with Crippen LogP contribution in [0, 0.1) is 0 Å². The van der Waals surface area contributed by atoms with Crippen molar-refractivity contribution < 1.29 is 15.1 Å². The summed E-state index contributed by atoms with van der Waals surface area (Å²) in [5.74, 6) is 0. The standard InChI is InChI=1S/2C4H14IN2OP2S.24CH4/c2*1-4-8-5(11)10(3)6-7(2)9;;;;;;;;;;;;;;;;;;;;;;;;/h2*11H,4,9H2,1-3H3;24*1H4/q2*+1;;;;;;;;;;;;;;;;;;;;;;;;. The molecular formula is C32H124I2N4O2P4S2+2. The van der Waals surface area contributed by atoms with Gasteiger partial charge in [-0.15, -0.1) is 0 Å². The molecule has 14 heteroatoms. The summed E-state index contributed by atoms with van der Waals surface area (Å²) in [6, 6.07) is 0. The average Bonchev–Trinajstić information content (AvgIpc) is 2.38. The van der Waals surface area contributed by atoms with Gasteiger partial charge >= 0.3 is 166 Å².